The number of fused-ring (bicyclic) bond motifs is 6. The fourth-order valence-electron chi connectivity index (χ4n) is 7.82. The molecule has 0 fully saturated rings. The zero-order valence-electron chi connectivity index (χ0n) is 28.4. The molecule has 3 nitrogen and oxygen atoms in total. The minimum Gasteiger partial charge on any atom is -0.311 e. The van der Waals surface area contributed by atoms with E-state index in [2.05, 4.69) is 196 Å². The molecule has 0 aliphatic heterocycles. The summed E-state index contributed by atoms with van der Waals surface area (Å²) in [5, 5.41) is 7.40. The predicted octanol–water partition coefficient (Wildman–Crippen LogP) is 13.3. The molecule has 0 radical (unpaired) electrons. The van der Waals surface area contributed by atoms with E-state index in [-0.39, 0.29) is 0 Å². The molecule has 0 spiro atoms. The summed E-state index contributed by atoms with van der Waals surface area (Å²) >= 11 is 0. The monoisotopic (exact) mass is 663 g/mol. The number of anilines is 3. The average molecular weight is 664 g/mol. The van der Waals surface area contributed by atoms with Crippen LogP contribution in [-0.4, -0.2) is 9.55 Å². The van der Waals surface area contributed by atoms with Crippen molar-refractivity contribution in [3.8, 4) is 27.9 Å². The second-order valence-corrected chi connectivity index (χ2v) is 13.3. The Morgan fingerprint density at radius 1 is 0.385 bits per heavy atom. The van der Waals surface area contributed by atoms with Gasteiger partial charge < -0.3 is 9.47 Å². The highest BCUT2D eigenvalue weighted by Gasteiger charge is 2.18. The molecule has 0 N–H and O–H groups in total. The van der Waals surface area contributed by atoms with Crippen LogP contribution in [0.4, 0.5) is 17.1 Å². The van der Waals surface area contributed by atoms with E-state index < -0.39 is 0 Å². The minimum absolute atomic E-state index is 1.10. The smallest absolute Gasteiger partial charge is 0.0547 e. The molecule has 2 heterocycles. The van der Waals surface area contributed by atoms with E-state index in [9.17, 15) is 0 Å². The van der Waals surface area contributed by atoms with E-state index >= 15 is 0 Å². The van der Waals surface area contributed by atoms with Crippen LogP contribution in [-0.2, 0) is 0 Å². The van der Waals surface area contributed by atoms with Crippen LogP contribution in [0.2, 0.25) is 0 Å². The third kappa shape index (κ3) is 5.02. The summed E-state index contributed by atoms with van der Waals surface area (Å²) < 4.78 is 2.40. The Bertz CT molecular complexity index is 2820. The third-order valence-electron chi connectivity index (χ3n) is 10.2. The lowest BCUT2D eigenvalue weighted by atomic mass is 9.90. The Morgan fingerprint density at radius 3 is 1.75 bits per heavy atom. The Kier molecular flexibility index (Phi) is 7.14. The van der Waals surface area contributed by atoms with Crippen LogP contribution in [0.5, 0.6) is 0 Å². The van der Waals surface area contributed by atoms with Gasteiger partial charge in [-0.05, 0) is 123 Å². The molecule has 10 aromatic rings. The lowest BCUT2D eigenvalue weighted by molar-refractivity contribution is 1.18. The molecule has 0 bridgehead atoms. The number of hydrogen-bond acceptors (Lipinski definition) is 2. The Balaban J connectivity index is 1.21. The Labute approximate surface area is 302 Å². The number of para-hydroxylation sites is 4. The zero-order chi connectivity index (χ0) is 34.4. The van der Waals surface area contributed by atoms with Gasteiger partial charge in [0.25, 0.3) is 0 Å². The summed E-state index contributed by atoms with van der Waals surface area (Å²) in [5.74, 6) is 0. The van der Waals surface area contributed by atoms with Gasteiger partial charge in [-0.1, -0.05) is 103 Å². The highest BCUT2D eigenvalue weighted by atomic mass is 15.1. The van der Waals surface area contributed by atoms with E-state index in [1.165, 1.54) is 54.5 Å². The van der Waals surface area contributed by atoms with Gasteiger partial charge in [-0.2, -0.15) is 0 Å². The van der Waals surface area contributed by atoms with Crippen LogP contribution in [0.15, 0.2) is 200 Å². The van der Waals surface area contributed by atoms with Crippen molar-refractivity contribution in [2.75, 3.05) is 4.90 Å². The molecular weight excluding hydrogens is 631 g/mol. The maximum absolute atomic E-state index is 4.43. The molecule has 0 saturated heterocycles. The van der Waals surface area contributed by atoms with E-state index in [4.69, 9.17) is 0 Å². The lowest BCUT2D eigenvalue weighted by Gasteiger charge is -2.25. The summed E-state index contributed by atoms with van der Waals surface area (Å²) in [6.45, 7) is 0. The lowest BCUT2D eigenvalue weighted by Crippen LogP contribution is -2.09. The number of hydrogen-bond donors (Lipinski definition) is 0. The van der Waals surface area contributed by atoms with Crippen LogP contribution in [0.25, 0.3) is 71.3 Å². The largest absolute Gasteiger partial charge is 0.311 e. The standard InChI is InChI=1S/C49H33N3/c1-4-14-38(15-5-1)51(39-16-6-2-7-17-39)41-25-22-34(23-26-41)44-30-37-31-47-43-20-10-11-21-48(43)52(40-18-8-3-9-19-40)49(47)32-45(37)42-27-24-35(29-46(42)44)36-13-12-28-50-33-36/h1-33H. The maximum atomic E-state index is 4.43. The number of aromatic nitrogens is 2. The normalized spacial score (nSPS) is 11.5. The van der Waals surface area contributed by atoms with Crippen molar-refractivity contribution < 1.29 is 0 Å². The second kappa shape index (κ2) is 12.4. The number of benzene rings is 8. The first-order valence-corrected chi connectivity index (χ1v) is 17.7. The van der Waals surface area contributed by atoms with Gasteiger partial charge in [0.15, 0.2) is 0 Å². The van der Waals surface area contributed by atoms with Crippen LogP contribution in [0, 0.1) is 0 Å². The highest BCUT2D eigenvalue weighted by molar-refractivity contribution is 6.21. The molecule has 2 aromatic heterocycles. The van der Waals surface area contributed by atoms with Crippen molar-refractivity contribution >= 4 is 60.4 Å². The van der Waals surface area contributed by atoms with Crippen molar-refractivity contribution in [2.45, 2.75) is 0 Å². The van der Waals surface area contributed by atoms with Crippen molar-refractivity contribution in [2.24, 2.45) is 0 Å². The summed E-state index contributed by atoms with van der Waals surface area (Å²) in [7, 11) is 0. The molecule has 10 rings (SSSR count). The van der Waals surface area contributed by atoms with Gasteiger partial charge in [-0.15, -0.1) is 0 Å². The summed E-state index contributed by atoms with van der Waals surface area (Å²) in [5.41, 5.74) is 11.6. The van der Waals surface area contributed by atoms with E-state index in [0.717, 1.165) is 33.9 Å². The van der Waals surface area contributed by atoms with Crippen LogP contribution < -0.4 is 4.90 Å². The van der Waals surface area contributed by atoms with E-state index in [1.54, 1.807) is 0 Å². The summed E-state index contributed by atoms with van der Waals surface area (Å²) in [6, 6.07) is 67.8. The Morgan fingerprint density at radius 2 is 1.04 bits per heavy atom. The van der Waals surface area contributed by atoms with Gasteiger partial charge >= 0.3 is 0 Å². The molecule has 0 saturated carbocycles. The molecule has 0 aliphatic carbocycles. The molecule has 52 heavy (non-hydrogen) atoms. The fraction of sp³-hybridized carbons (Fsp3) is 0. The van der Waals surface area contributed by atoms with E-state index in [0.29, 0.717) is 0 Å². The predicted molar refractivity (Wildman–Crippen MR) is 219 cm³/mol. The van der Waals surface area contributed by atoms with Gasteiger partial charge in [-0.25, -0.2) is 0 Å². The SMILES string of the molecule is c1ccc(N(c2ccccc2)c2ccc(-c3cc4cc5c6ccccc6n(-c6ccccc6)c5cc4c4ccc(-c5cccnc5)cc34)cc2)cc1. The van der Waals surface area contributed by atoms with Gasteiger partial charge in [-0.3, -0.25) is 4.98 Å². The molecule has 0 atom stereocenters. The van der Waals surface area contributed by atoms with Crippen molar-refractivity contribution in [1.82, 2.24) is 9.55 Å². The first kappa shape index (κ1) is 29.9. The second-order valence-electron chi connectivity index (χ2n) is 13.3. The molecule has 244 valence electrons. The van der Waals surface area contributed by atoms with Crippen molar-refractivity contribution in [1.29, 1.82) is 0 Å². The third-order valence-corrected chi connectivity index (χ3v) is 10.2. The van der Waals surface area contributed by atoms with Crippen LogP contribution >= 0.6 is 0 Å². The van der Waals surface area contributed by atoms with Gasteiger partial charge in [0.05, 0.1) is 11.0 Å². The van der Waals surface area contributed by atoms with Gasteiger partial charge in [0.2, 0.25) is 0 Å². The average Bonchev–Trinajstić information content (AvgIpc) is 3.54. The fourth-order valence-corrected chi connectivity index (χ4v) is 7.82. The van der Waals surface area contributed by atoms with Crippen LogP contribution in [0.1, 0.15) is 0 Å². The quantitative estimate of drug-likeness (QED) is 0.165. The van der Waals surface area contributed by atoms with Crippen molar-refractivity contribution in [3.05, 3.63) is 200 Å². The van der Waals surface area contributed by atoms with Gasteiger partial charge in [0, 0.05) is 51.5 Å². The summed E-state index contributed by atoms with van der Waals surface area (Å²) in [6.07, 6.45) is 3.77. The first-order valence-electron chi connectivity index (χ1n) is 17.7. The molecule has 0 unspecified atom stereocenters. The molecular formula is C49H33N3. The molecule has 0 amide bonds. The summed E-state index contributed by atoms with van der Waals surface area (Å²) in [4.78, 5) is 6.74. The topological polar surface area (TPSA) is 21.1 Å². The molecule has 3 heteroatoms. The van der Waals surface area contributed by atoms with Crippen molar-refractivity contribution in [3.63, 3.8) is 0 Å². The number of pyridine rings is 1. The number of nitrogens with zero attached hydrogens (tertiary/aromatic N) is 3. The minimum atomic E-state index is 1.10. The van der Waals surface area contributed by atoms with Crippen LogP contribution in [0.3, 0.4) is 0 Å². The maximum Gasteiger partial charge on any atom is 0.0547 e. The Hall–Kier alpha value is -6.97. The molecule has 8 aromatic carbocycles. The molecule has 0 aliphatic rings. The zero-order valence-corrected chi connectivity index (χ0v) is 28.4. The van der Waals surface area contributed by atoms with E-state index in [1.807, 2.05) is 18.5 Å². The number of rotatable bonds is 6. The van der Waals surface area contributed by atoms with Gasteiger partial charge in [0.1, 0.15) is 0 Å². The first-order chi connectivity index (χ1) is 25.8. The highest BCUT2D eigenvalue weighted by Crippen LogP contribution is 2.42.